The van der Waals surface area contributed by atoms with E-state index in [0.717, 1.165) is 31.3 Å². The molecule has 1 fully saturated rings. The van der Waals surface area contributed by atoms with Crippen LogP contribution in [0.2, 0.25) is 0 Å². The van der Waals surface area contributed by atoms with E-state index in [-0.39, 0.29) is 11.8 Å². The van der Waals surface area contributed by atoms with Gasteiger partial charge in [-0.05, 0) is 37.7 Å². The molecule has 82 valence electrons. The first-order valence-electron chi connectivity index (χ1n) is 5.53. The molecule has 0 N–H and O–H groups in total. The van der Waals surface area contributed by atoms with Gasteiger partial charge in [-0.1, -0.05) is 6.08 Å². The summed E-state index contributed by atoms with van der Waals surface area (Å²) in [6, 6.07) is 0. The van der Waals surface area contributed by atoms with Crippen molar-refractivity contribution in [1.82, 2.24) is 0 Å². The molecule has 0 spiro atoms. The Morgan fingerprint density at radius 2 is 2.20 bits per heavy atom. The fourth-order valence-corrected chi connectivity index (χ4v) is 2.79. The Bertz CT molecular complexity index is 330. The number of carbonyl (C=O) groups excluding carboxylic acids is 2. The summed E-state index contributed by atoms with van der Waals surface area (Å²) in [5, 5.41) is 0. The summed E-state index contributed by atoms with van der Waals surface area (Å²) in [6.45, 7) is 0. The third-order valence-electron chi connectivity index (χ3n) is 3.55. The van der Waals surface area contributed by atoms with Gasteiger partial charge in [0.05, 0.1) is 7.11 Å². The summed E-state index contributed by atoms with van der Waals surface area (Å²) in [6.07, 6.45) is 6.95. The first-order chi connectivity index (χ1) is 7.21. The molecule has 0 saturated heterocycles. The molecule has 0 aromatic carbocycles. The van der Waals surface area contributed by atoms with Crippen molar-refractivity contribution in [3.63, 3.8) is 0 Å². The lowest BCUT2D eigenvalue weighted by atomic mass is 9.77. The van der Waals surface area contributed by atoms with Crippen molar-refractivity contribution in [3.8, 4) is 0 Å². The van der Waals surface area contributed by atoms with E-state index in [1.165, 1.54) is 7.11 Å². The first kappa shape index (κ1) is 10.4. The largest absolute Gasteiger partial charge is 0.468 e. The summed E-state index contributed by atoms with van der Waals surface area (Å²) in [5.74, 6) is -0.291. The summed E-state index contributed by atoms with van der Waals surface area (Å²) in [5.41, 5.74) is 0.113. The van der Waals surface area contributed by atoms with Gasteiger partial charge in [0, 0.05) is 6.42 Å². The molecular weight excluding hydrogens is 192 g/mol. The van der Waals surface area contributed by atoms with Crippen LogP contribution in [-0.2, 0) is 14.3 Å². The third-order valence-corrected chi connectivity index (χ3v) is 3.55. The molecule has 0 radical (unpaired) electrons. The third kappa shape index (κ3) is 1.41. The van der Waals surface area contributed by atoms with Crippen LogP contribution in [0.3, 0.4) is 0 Å². The summed E-state index contributed by atoms with van der Waals surface area (Å²) in [4.78, 5) is 23.8. The number of methoxy groups -OCH3 is 1. The maximum atomic E-state index is 11.9. The Hall–Kier alpha value is -1.12. The minimum Gasteiger partial charge on any atom is -0.468 e. The molecule has 0 aliphatic heterocycles. The molecule has 1 saturated carbocycles. The number of hydrogen-bond acceptors (Lipinski definition) is 3. The Kier molecular flexibility index (Phi) is 2.63. The fourth-order valence-electron chi connectivity index (χ4n) is 2.79. The van der Waals surface area contributed by atoms with Gasteiger partial charge in [0.15, 0.2) is 5.78 Å². The lowest BCUT2D eigenvalue weighted by Crippen LogP contribution is -2.37. The minimum atomic E-state index is -0.898. The molecule has 2 aliphatic rings. The smallest absolute Gasteiger partial charge is 0.323 e. The lowest BCUT2D eigenvalue weighted by molar-refractivity contribution is -0.153. The maximum Gasteiger partial charge on any atom is 0.323 e. The van der Waals surface area contributed by atoms with Crippen LogP contribution in [0.5, 0.6) is 0 Å². The second-order valence-electron chi connectivity index (χ2n) is 4.30. The molecule has 2 rings (SSSR count). The van der Waals surface area contributed by atoms with E-state index in [1.54, 1.807) is 0 Å². The van der Waals surface area contributed by atoms with Gasteiger partial charge in [0.2, 0.25) is 0 Å². The van der Waals surface area contributed by atoms with E-state index in [2.05, 4.69) is 6.08 Å². The van der Waals surface area contributed by atoms with Crippen LogP contribution in [0.4, 0.5) is 0 Å². The Morgan fingerprint density at radius 3 is 2.67 bits per heavy atom. The molecule has 0 heterocycles. The average Bonchev–Trinajstić information content (AvgIpc) is 2.86. The van der Waals surface area contributed by atoms with Gasteiger partial charge in [-0.3, -0.25) is 9.59 Å². The van der Waals surface area contributed by atoms with Gasteiger partial charge in [-0.2, -0.15) is 0 Å². The summed E-state index contributed by atoms with van der Waals surface area (Å²) in [7, 11) is 1.37. The normalized spacial score (nSPS) is 30.5. The number of allylic oxidation sites excluding steroid dienone is 1. The van der Waals surface area contributed by atoms with Crippen LogP contribution in [-0.4, -0.2) is 18.9 Å². The van der Waals surface area contributed by atoms with Crippen molar-refractivity contribution in [2.24, 2.45) is 5.41 Å². The highest BCUT2D eigenvalue weighted by Gasteiger charge is 2.52. The molecule has 0 amide bonds. The van der Waals surface area contributed by atoms with E-state index in [9.17, 15) is 9.59 Å². The highest BCUT2D eigenvalue weighted by molar-refractivity contribution is 6.08. The molecule has 15 heavy (non-hydrogen) atoms. The maximum absolute atomic E-state index is 11.9. The van der Waals surface area contributed by atoms with Gasteiger partial charge in [-0.25, -0.2) is 0 Å². The molecule has 2 aliphatic carbocycles. The predicted octanol–water partition coefficient (Wildman–Crippen LogP) is 2.01. The molecular formula is C12H16O3. The first-order valence-corrected chi connectivity index (χ1v) is 5.53. The Labute approximate surface area is 89.5 Å². The van der Waals surface area contributed by atoms with Gasteiger partial charge in [0.25, 0.3) is 0 Å². The quantitative estimate of drug-likeness (QED) is 0.396. The van der Waals surface area contributed by atoms with Crippen LogP contribution in [0.15, 0.2) is 11.6 Å². The second kappa shape index (κ2) is 3.80. The van der Waals surface area contributed by atoms with Crippen LogP contribution in [0.25, 0.3) is 0 Å². The molecule has 0 bridgehead atoms. The van der Waals surface area contributed by atoms with Crippen LogP contribution >= 0.6 is 0 Å². The van der Waals surface area contributed by atoms with Crippen molar-refractivity contribution >= 4 is 11.8 Å². The zero-order valence-electron chi connectivity index (χ0n) is 9.04. The Morgan fingerprint density at radius 1 is 1.40 bits per heavy atom. The molecule has 0 unspecified atom stereocenters. The van der Waals surface area contributed by atoms with Crippen LogP contribution < -0.4 is 0 Å². The molecule has 0 aromatic rings. The standard InChI is InChI=1S/C12H16O3/c1-15-11(14)12(8-4-7-10(12)13)9-5-2-3-6-9/h5H,2-4,6-8H2,1H3/t12-/m1/s1. The summed E-state index contributed by atoms with van der Waals surface area (Å²) >= 11 is 0. The van der Waals surface area contributed by atoms with Crippen molar-refractivity contribution < 1.29 is 14.3 Å². The van der Waals surface area contributed by atoms with E-state index in [0.29, 0.717) is 12.8 Å². The van der Waals surface area contributed by atoms with Gasteiger partial charge >= 0.3 is 5.97 Å². The van der Waals surface area contributed by atoms with E-state index >= 15 is 0 Å². The number of ketones is 1. The van der Waals surface area contributed by atoms with E-state index in [4.69, 9.17) is 4.74 Å². The van der Waals surface area contributed by atoms with E-state index in [1.807, 2.05) is 0 Å². The lowest BCUT2D eigenvalue weighted by Gasteiger charge is -2.25. The van der Waals surface area contributed by atoms with E-state index < -0.39 is 5.41 Å². The molecule has 1 atom stereocenters. The molecule has 3 heteroatoms. The number of rotatable bonds is 2. The van der Waals surface area contributed by atoms with Crippen LogP contribution in [0, 0.1) is 5.41 Å². The monoisotopic (exact) mass is 208 g/mol. The zero-order chi connectivity index (χ0) is 10.9. The van der Waals surface area contributed by atoms with Crippen molar-refractivity contribution in [2.75, 3.05) is 7.11 Å². The van der Waals surface area contributed by atoms with Crippen molar-refractivity contribution in [2.45, 2.75) is 38.5 Å². The topological polar surface area (TPSA) is 43.4 Å². The number of ether oxygens (including phenoxy) is 1. The highest BCUT2D eigenvalue weighted by atomic mass is 16.5. The Balaban J connectivity index is 2.38. The number of hydrogen-bond donors (Lipinski definition) is 0. The van der Waals surface area contributed by atoms with Gasteiger partial charge in [-0.15, -0.1) is 0 Å². The number of carbonyl (C=O) groups is 2. The van der Waals surface area contributed by atoms with Gasteiger partial charge in [0.1, 0.15) is 5.41 Å². The second-order valence-corrected chi connectivity index (χ2v) is 4.30. The predicted molar refractivity (Wildman–Crippen MR) is 55.2 cm³/mol. The zero-order valence-corrected chi connectivity index (χ0v) is 9.04. The minimum absolute atomic E-state index is 0.0579. The SMILES string of the molecule is COC(=O)[C@@]1(C2=CCCC2)CCCC1=O. The van der Waals surface area contributed by atoms with Crippen LogP contribution in [0.1, 0.15) is 38.5 Å². The molecule has 3 nitrogen and oxygen atoms in total. The number of Topliss-reactive ketones (excluding diaryl/α,β-unsaturated/α-hetero) is 1. The fraction of sp³-hybridized carbons (Fsp3) is 0.667. The number of esters is 1. The summed E-state index contributed by atoms with van der Waals surface area (Å²) < 4.78 is 4.82. The highest BCUT2D eigenvalue weighted by Crippen LogP contribution is 2.46. The van der Waals surface area contributed by atoms with Crippen molar-refractivity contribution in [1.29, 1.82) is 0 Å². The van der Waals surface area contributed by atoms with Crippen molar-refractivity contribution in [3.05, 3.63) is 11.6 Å². The van der Waals surface area contributed by atoms with Gasteiger partial charge < -0.3 is 4.74 Å². The molecule has 0 aromatic heterocycles. The average molecular weight is 208 g/mol.